The molecule has 172 valence electrons. The summed E-state index contributed by atoms with van der Waals surface area (Å²) in [6.45, 7) is 2.71. The Morgan fingerprint density at radius 1 is 1.06 bits per heavy atom. The Hall–Kier alpha value is -3.02. The molecule has 1 saturated heterocycles. The first kappa shape index (κ1) is 21.8. The van der Waals surface area contributed by atoms with Crippen molar-refractivity contribution in [3.8, 4) is 22.1 Å². The van der Waals surface area contributed by atoms with Gasteiger partial charge in [-0.1, -0.05) is 29.0 Å². The number of sulfonamides is 1. The summed E-state index contributed by atoms with van der Waals surface area (Å²) >= 11 is 1.27. The first-order valence-electron chi connectivity index (χ1n) is 10.5. The Kier molecular flexibility index (Phi) is 5.77. The van der Waals surface area contributed by atoms with Crippen LogP contribution in [0.2, 0.25) is 0 Å². The highest BCUT2D eigenvalue weighted by molar-refractivity contribution is 7.89. The standard InChI is InChI=1S/C22H22N4O5S2/c1-14-2-5-17(6-3-14)33(28,29)26-10-8-15(9-11-26)20(27)23-22-25-24-21(32-22)16-4-7-18-19(12-16)31-13-30-18/h2-7,12,15H,8-11,13H2,1H3,(H,23,25,27). The number of fused-ring (bicyclic) bond motifs is 1. The molecule has 1 fully saturated rings. The van der Waals surface area contributed by atoms with Crippen LogP contribution in [0.5, 0.6) is 11.5 Å². The molecule has 3 aromatic rings. The zero-order chi connectivity index (χ0) is 23.0. The van der Waals surface area contributed by atoms with Crippen molar-refractivity contribution >= 4 is 32.4 Å². The monoisotopic (exact) mass is 486 g/mol. The van der Waals surface area contributed by atoms with Gasteiger partial charge in [-0.25, -0.2) is 8.42 Å². The number of piperidine rings is 1. The van der Waals surface area contributed by atoms with Crippen LogP contribution in [0.25, 0.3) is 10.6 Å². The quantitative estimate of drug-likeness (QED) is 0.589. The molecular weight excluding hydrogens is 464 g/mol. The van der Waals surface area contributed by atoms with Gasteiger partial charge in [-0.05, 0) is 50.1 Å². The van der Waals surface area contributed by atoms with E-state index >= 15 is 0 Å². The molecule has 5 rings (SSSR count). The van der Waals surface area contributed by atoms with Crippen LogP contribution in [-0.4, -0.2) is 48.7 Å². The Morgan fingerprint density at radius 2 is 1.79 bits per heavy atom. The van der Waals surface area contributed by atoms with Crippen LogP contribution in [0.1, 0.15) is 18.4 Å². The van der Waals surface area contributed by atoms with E-state index in [1.165, 1.54) is 15.6 Å². The number of carbonyl (C=O) groups excluding carboxylic acids is 1. The first-order chi connectivity index (χ1) is 15.9. The van der Waals surface area contributed by atoms with Crippen molar-refractivity contribution in [3.63, 3.8) is 0 Å². The number of amides is 1. The van der Waals surface area contributed by atoms with Gasteiger partial charge >= 0.3 is 0 Å². The van der Waals surface area contributed by atoms with Gasteiger partial charge in [0.1, 0.15) is 5.01 Å². The number of rotatable bonds is 5. The van der Waals surface area contributed by atoms with Crippen molar-refractivity contribution in [1.82, 2.24) is 14.5 Å². The molecule has 11 heteroatoms. The largest absolute Gasteiger partial charge is 0.454 e. The van der Waals surface area contributed by atoms with E-state index in [2.05, 4.69) is 15.5 Å². The van der Waals surface area contributed by atoms with Crippen LogP contribution in [0, 0.1) is 12.8 Å². The minimum Gasteiger partial charge on any atom is -0.454 e. The highest BCUT2D eigenvalue weighted by Crippen LogP contribution is 2.37. The van der Waals surface area contributed by atoms with Gasteiger partial charge in [-0.2, -0.15) is 4.31 Å². The van der Waals surface area contributed by atoms with Crippen LogP contribution in [0.15, 0.2) is 47.4 Å². The molecule has 0 radical (unpaired) electrons. The number of hydrogen-bond donors (Lipinski definition) is 1. The number of nitrogens with one attached hydrogen (secondary N) is 1. The zero-order valence-corrected chi connectivity index (χ0v) is 19.5. The molecule has 33 heavy (non-hydrogen) atoms. The van der Waals surface area contributed by atoms with Crippen LogP contribution in [0.4, 0.5) is 5.13 Å². The summed E-state index contributed by atoms with van der Waals surface area (Å²) in [5.74, 6) is 0.885. The Balaban J connectivity index is 1.19. The molecule has 3 heterocycles. The van der Waals surface area contributed by atoms with Crippen molar-refractivity contribution in [2.24, 2.45) is 5.92 Å². The molecular formula is C22H22N4O5S2. The highest BCUT2D eigenvalue weighted by Gasteiger charge is 2.32. The van der Waals surface area contributed by atoms with Crippen molar-refractivity contribution < 1.29 is 22.7 Å². The lowest BCUT2D eigenvalue weighted by Crippen LogP contribution is -2.41. The highest BCUT2D eigenvalue weighted by atomic mass is 32.2. The molecule has 0 unspecified atom stereocenters. The lowest BCUT2D eigenvalue weighted by atomic mass is 9.97. The van der Waals surface area contributed by atoms with E-state index in [4.69, 9.17) is 9.47 Å². The SMILES string of the molecule is Cc1ccc(S(=O)(=O)N2CCC(C(=O)Nc3nnc(-c4ccc5c(c4)OCO5)s3)CC2)cc1. The third-order valence-corrected chi connectivity index (χ3v) is 8.56. The van der Waals surface area contributed by atoms with Gasteiger partial charge in [-0.15, -0.1) is 10.2 Å². The molecule has 0 spiro atoms. The van der Waals surface area contributed by atoms with Gasteiger partial charge in [0.2, 0.25) is 27.9 Å². The normalized spacial score (nSPS) is 16.6. The van der Waals surface area contributed by atoms with Gasteiger partial charge in [0, 0.05) is 24.6 Å². The summed E-state index contributed by atoms with van der Waals surface area (Å²) in [6, 6.07) is 12.3. The molecule has 0 saturated carbocycles. The lowest BCUT2D eigenvalue weighted by Gasteiger charge is -2.30. The Labute approximate surface area is 195 Å². The Morgan fingerprint density at radius 3 is 2.55 bits per heavy atom. The van der Waals surface area contributed by atoms with Crippen LogP contribution < -0.4 is 14.8 Å². The maximum Gasteiger partial charge on any atom is 0.243 e. The summed E-state index contributed by atoms with van der Waals surface area (Å²) in [4.78, 5) is 13.0. The number of nitrogens with zero attached hydrogens (tertiary/aromatic N) is 3. The lowest BCUT2D eigenvalue weighted by molar-refractivity contribution is -0.120. The number of aryl methyl sites for hydroxylation is 1. The van der Waals surface area contributed by atoms with E-state index in [0.717, 1.165) is 11.1 Å². The number of carbonyl (C=O) groups is 1. The number of hydrogen-bond acceptors (Lipinski definition) is 8. The van der Waals surface area contributed by atoms with E-state index in [9.17, 15) is 13.2 Å². The molecule has 0 aliphatic carbocycles. The van der Waals surface area contributed by atoms with Crippen molar-refractivity contribution in [1.29, 1.82) is 0 Å². The molecule has 1 N–H and O–H groups in total. The predicted molar refractivity (Wildman–Crippen MR) is 123 cm³/mol. The molecule has 1 aromatic heterocycles. The van der Waals surface area contributed by atoms with Crippen LogP contribution >= 0.6 is 11.3 Å². The molecule has 0 atom stereocenters. The summed E-state index contributed by atoms with van der Waals surface area (Å²) in [5.41, 5.74) is 1.83. The average molecular weight is 487 g/mol. The summed E-state index contributed by atoms with van der Waals surface area (Å²) in [5, 5.41) is 12.1. The number of benzene rings is 2. The van der Waals surface area contributed by atoms with Gasteiger partial charge in [0.25, 0.3) is 0 Å². The number of anilines is 1. The first-order valence-corrected chi connectivity index (χ1v) is 12.8. The average Bonchev–Trinajstić information content (AvgIpc) is 3.48. The fourth-order valence-electron chi connectivity index (χ4n) is 3.85. The molecule has 1 amide bonds. The summed E-state index contributed by atoms with van der Waals surface area (Å²) in [7, 11) is -3.56. The summed E-state index contributed by atoms with van der Waals surface area (Å²) in [6.07, 6.45) is 0.898. The smallest absolute Gasteiger partial charge is 0.243 e. The second-order valence-corrected chi connectivity index (χ2v) is 10.9. The van der Waals surface area contributed by atoms with Gasteiger partial charge in [-0.3, -0.25) is 4.79 Å². The van der Waals surface area contributed by atoms with Crippen LogP contribution in [0.3, 0.4) is 0 Å². The van der Waals surface area contributed by atoms with Crippen molar-refractivity contribution in [2.75, 3.05) is 25.2 Å². The predicted octanol–water partition coefficient (Wildman–Crippen LogP) is 3.28. The fraction of sp³-hybridized carbons (Fsp3) is 0.318. The molecule has 2 aliphatic heterocycles. The second kappa shape index (κ2) is 8.73. The van der Waals surface area contributed by atoms with Crippen LogP contribution in [-0.2, 0) is 14.8 Å². The van der Waals surface area contributed by atoms with Gasteiger partial charge < -0.3 is 14.8 Å². The zero-order valence-electron chi connectivity index (χ0n) is 17.9. The number of aromatic nitrogens is 2. The van der Waals surface area contributed by atoms with E-state index < -0.39 is 10.0 Å². The van der Waals surface area contributed by atoms with E-state index in [0.29, 0.717) is 47.6 Å². The third kappa shape index (κ3) is 4.43. The molecule has 2 aliphatic rings. The maximum atomic E-state index is 12.9. The van der Waals surface area contributed by atoms with E-state index in [1.54, 1.807) is 24.3 Å². The third-order valence-electron chi connectivity index (χ3n) is 5.76. The number of ether oxygens (including phenoxy) is 2. The van der Waals surface area contributed by atoms with E-state index in [-0.39, 0.29) is 23.5 Å². The maximum absolute atomic E-state index is 12.9. The van der Waals surface area contributed by atoms with Crippen molar-refractivity contribution in [2.45, 2.75) is 24.7 Å². The molecule has 2 aromatic carbocycles. The van der Waals surface area contributed by atoms with Crippen molar-refractivity contribution in [3.05, 3.63) is 48.0 Å². The van der Waals surface area contributed by atoms with Gasteiger partial charge in [0.05, 0.1) is 4.90 Å². The van der Waals surface area contributed by atoms with Gasteiger partial charge in [0.15, 0.2) is 11.5 Å². The van der Waals surface area contributed by atoms with E-state index in [1.807, 2.05) is 25.1 Å². The Bertz CT molecular complexity index is 1280. The molecule has 0 bridgehead atoms. The molecule has 9 nitrogen and oxygen atoms in total. The minimum atomic E-state index is -3.56. The minimum absolute atomic E-state index is 0.171. The second-order valence-electron chi connectivity index (χ2n) is 7.96. The summed E-state index contributed by atoms with van der Waals surface area (Å²) < 4.78 is 37.9. The fourth-order valence-corrected chi connectivity index (χ4v) is 6.06. The topological polar surface area (TPSA) is 111 Å².